The van der Waals surface area contributed by atoms with Gasteiger partial charge in [-0.1, -0.05) is 28.1 Å². The van der Waals surface area contributed by atoms with E-state index in [-0.39, 0.29) is 6.29 Å². The third kappa shape index (κ3) is 5.46. The molecule has 2 rings (SSSR count). The molecule has 4 heteroatoms. The molecule has 1 heterocycles. The van der Waals surface area contributed by atoms with Gasteiger partial charge >= 0.3 is 0 Å². The Kier molecular flexibility index (Phi) is 6.74. The SMILES string of the molecule is CC=C(C)COc1ccc(COC2CCCCO2)c(Br)c1. The van der Waals surface area contributed by atoms with Gasteiger partial charge < -0.3 is 14.2 Å². The van der Waals surface area contributed by atoms with Gasteiger partial charge in [0, 0.05) is 11.1 Å². The second-order valence-corrected chi connectivity index (χ2v) is 6.14. The first kappa shape index (κ1) is 16.5. The second kappa shape index (κ2) is 8.57. The monoisotopic (exact) mass is 354 g/mol. The summed E-state index contributed by atoms with van der Waals surface area (Å²) in [6.07, 6.45) is 5.31. The highest BCUT2D eigenvalue weighted by atomic mass is 79.9. The highest BCUT2D eigenvalue weighted by Crippen LogP contribution is 2.25. The summed E-state index contributed by atoms with van der Waals surface area (Å²) in [6.45, 7) is 6.06. The summed E-state index contributed by atoms with van der Waals surface area (Å²) in [5.74, 6) is 0.862. The minimum absolute atomic E-state index is 0.0566. The Morgan fingerprint density at radius 2 is 2.29 bits per heavy atom. The van der Waals surface area contributed by atoms with Crippen LogP contribution in [0.3, 0.4) is 0 Å². The number of ether oxygens (including phenoxy) is 3. The Balaban J connectivity index is 1.86. The van der Waals surface area contributed by atoms with E-state index in [9.17, 15) is 0 Å². The zero-order valence-electron chi connectivity index (χ0n) is 12.7. The van der Waals surface area contributed by atoms with Gasteiger partial charge in [-0.25, -0.2) is 0 Å². The molecule has 1 aromatic carbocycles. The summed E-state index contributed by atoms with van der Waals surface area (Å²) in [7, 11) is 0. The van der Waals surface area contributed by atoms with E-state index in [1.54, 1.807) is 0 Å². The van der Waals surface area contributed by atoms with Crippen LogP contribution < -0.4 is 4.74 Å². The van der Waals surface area contributed by atoms with Gasteiger partial charge in [0.2, 0.25) is 0 Å². The molecule has 0 aliphatic carbocycles. The van der Waals surface area contributed by atoms with Gasteiger partial charge in [-0.15, -0.1) is 0 Å². The van der Waals surface area contributed by atoms with E-state index >= 15 is 0 Å². The molecule has 0 spiro atoms. The van der Waals surface area contributed by atoms with Crippen molar-refractivity contribution in [2.45, 2.75) is 46.0 Å². The van der Waals surface area contributed by atoms with Crippen molar-refractivity contribution in [2.24, 2.45) is 0 Å². The fourth-order valence-electron chi connectivity index (χ4n) is 2.04. The molecule has 0 N–H and O–H groups in total. The maximum atomic E-state index is 5.80. The smallest absolute Gasteiger partial charge is 0.158 e. The molecule has 1 saturated heterocycles. The maximum Gasteiger partial charge on any atom is 0.158 e. The van der Waals surface area contributed by atoms with Crippen molar-refractivity contribution in [1.29, 1.82) is 0 Å². The van der Waals surface area contributed by atoms with Crippen molar-refractivity contribution in [2.75, 3.05) is 13.2 Å². The van der Waals surface area contributed by atoms with Crippen LogP contribution in [0.4, 0.5) is 0 Å². The minimum atomic E-state index is -0.0566. The van der Waals surface area contributed by atoms with Crippen molar-refractivity contribution < 1.29 is 14.2 Å². The van der Waals surface area contributed by atoms with Gasteiger partial charge in [-0.2, -0.15) is 0 Å². The van der Waals surface area contributed by atoms with E-state index in [0.717, 1.165) is 35.2 Å². The lowest BCUT2D eigenvalue weighted by Gasteiger charge is -2.23. The van der Waals surface area contributed by atoms with Gasteiger partial charge in [-0.05, 0) is 56.4 Å². The Bertz CT molecular complexity index is 479. The normalized spacial score (nSPS) is 19.6. The van der Waals surface area contributed by atoms with E-state index in [0.29, 0.717) is 13.2 Å². The highest BCUT2D eigenvalue weighted by Gasteiger charge is 2.14. The van der Waals surface area contributed by atoms with Gasteiger partial charge in [0.05, 0.1) is 6.61 Å². The summed E-state index contributed by atoms with van der Waals surface area (Å²) in [5, 5.41) is 0. The zero-order valence-corrected chi connectivity index (χ0v) is 14.3. The first-order valence-corrected chi connectivity index (χ1v) is 8.24. The van der Waals surface area contributed by atoms with Crippen molar-refractivity contribution in [3.8, 4) is 5.75 Å². The Morgan fingerprint density at radius 3 is 2.95 bits per heavy atom. The predicted molar refractivity (Wildman–Crippen MR) is 87.4 cm³/mol. The molecule has 0 amide bonds. The molecule has 1 fully saturated rings. The van der Waals surface area contributed by atoms with Crippen LogP contribution in [0, 0.1) is 0 Å². The highest BCUT2D eigenvalue weighted by molar-refractivity contribution is 9.10. The second-order valence-electron chi connectivity index (χ2n) is 5.28. The zero-order chi connectivity index (χ0) is 15.1. The molecule has 0 radical (unpaired) electrons. The molecule has 1 aliphatic rings. The van der Waals surface area contributed by atoms with Crippen LogP contribution in [0.5, 0.6) is 5.75 Å². The molecule has 21 heavy (non-hydrogen) atoms. The first-order valence-electron chi connectivity index (χ1n) is 7.45. The molecule has 116 valence electrons. The molecule has 0 bridgehead atoms. The lowest BCUT2D eigenvalue weighted by atomic mass is 10.2. The average molecular weight is 355 g/mol. The Morgan fingerprint density at radius 1 is 1.43 bits per heavy atom. The number of hydrogen-bond acceptors (Lipinski definition) is 3. The number of hydrogen-bond donors (Lipinski definition) is 0. The standard InChI is InChI=1S/C17H23BrO3/c1-3-13(2)11-20-15-8-7-14(16(18)10-15)12-21-17-6-4-5-9-19-17/h3,7-8,10,17H,4-6,9,11-12H2,1-2H3. The molecular weight excluding hydrogens is 332 g/mol. The third-order valence-electron chi connectivity index (χ3n) is 3.55. The number of halogens is 1. The largest absolute Gasteiger partial charge is 0.489 e. The van der Waals surface area contributed by atoms with E-state index < -0.39 is 0 Å². The molecule has 1 aromatic rings. The third-order valence-corrected chi connectivity index (χ3v) is 4.28. The number of rotatable bonds is 6. The lowest BCUT2D eigenvalue weighted by Crippen LogP contribution is -2.22. The van der Waals surface area contributed by atoms with Crippen LogP contribution in [-0.4, -0.2) is 19.5 Å². The fraction of sp³-hybridized carbons (Fsp3) is 0.529. The van der Waals surface area contributed by atoms with Crippen LogP contribution in [0.25, 0.3) is 0 Å². The van der Waals surface area contributed by atoms with Gasteiger partial charge in [0.25, 0.3) is 0 Å². The number of benzene rings is 1. The van der Waals surface area contributed by atoms with E-state index in [4.69, 9.17) is 14.2 Å². The van der Waals surface area contributed by atoms with Crippen LogP contribution in [-0.2, 0) is 16.1 Å². The lowest BCUT2D eigenvalue weighted by molar-refractivity contribution is -0.169. The van der Waals surface area contributed by atoms with Crippen LogP contribution in [0.2, 0.25) is 0 Å². The van der Waals surface area contributed by atoms with Crippen molar-refractivity contribution in [3.63, 3.8) is 0 Å². The van der Waals surface area contributed by atoms with E-state index in [1.165, 1.54) is 12.0 Å². The number of allylic oxidation sites excluding steroid dienone is 1. The molecule has 1 unspecified atom stereocenters. The van der Waals surface area contributed by atoms with Crippen LogP contribution in [0.15, 0.2) is 34.3 Å². The molecular formula is C17H23BrO3. The van der Waals surface area contributed by atoms with E-state index in [2.05, 4.69) is 28.9 Å². The topological polar surface area (TPSA) is 27.7 Å². The van der Waals surface area contributed by atoms with Crippen LogP contribution in [0.1, 0.15) is 38.7 Å². The van der Waals surface area contributed by atoms with Crippen molar-refractivity contribution >= 4 is 15.9 Å². The molecule has 1 atom stereocenters. The van der Waals surface area contributed by atoms with Gasteiger partial charge in [-0.3, -0.25) is 0 Å². The molecule has 3 nitrogen and oxygen atoms in total. The maximum absolute atomic E-state index is 5.80. The first-order chi connectivity index (χ1) is 10.2. The average Bonchev–Trinajstić information content (AvgIpc) is 2.52. The summed E-state index contributed by atoms with van der Waals surface area (Å²) in [5.41, 5.74) is 2.33. The van der Waals surface area contributed by atoms with Gasteiger partial charge in [0.1, 0.15) is 12.4 Å². The predicted octanol–water partition coefficient (Wildman–Crippen LogP) is 4.84. The summed E-state index contributed by atoms with van der Waals surface area (Å²) < 4.78 is 18.1. The minimum Gasteiger partial charge on any atom is -0.489 e. The Labute approximate surface area is 135 Å². The summed E-state index contributed by atoms with van der Waals surface area (Å²) in [6, 6.07) is 6.00. The Hall–Kier alpha value is -0.840. The van der Waals surface area contributed by atoms with E-state index in [1.807, 2.05) is 25.1 Å². The van der Waals surface area contributed by atoms with Crippen molar-refractivity contribution in [1.82, 2.24) is 0 Å². The van der Waals surface area contributed by atoms with Crippen LogP contribution >= 0.6 is 15.9 Å². The van der Waals surface area contributed by atoms with Crippen molar-refractivity contribution in [3.05, 3.63) is 39.9 Å². The molecule has 0 aromatic heterocycles. The van der Waals surface area contributed by atoms with Gasteiger partial charge in [0.15, 0.2) is 6.29 Å². The fourth-order valence-corrected chi connectivity index (χ4v) is 2.51. The summed E-state index contributed by atoms with van der Waals surface area (Å²) in [4.78, 5) is 0. The quantitative estimate of drug-likeness (QED) is 0.684. The molecule has 0 saturated carbocycles. The molecule has 1 aliphatic heterocycles. The summed E-state index contributed by atoms with van der Waals surface area (Å²) >= 11 is 3.58.